The third-order valence-corrected chi connectivity index (χ3v) is 6.19. The first kappa shape index (κ1) is 25.7. The van der Waals surface area contributed by atoms with Crippen LogP contribution < -0.4 is 15.2 Å². The van der Waals surface area contributed by atoms with E-state index in [1.165, 1.54) is 0 Å². The summed E-state index contributed by atoms with van der Waals surface area (Å²) in [6.07, 6.45) is 2.01. The average Bonchev–Trinajstić information content (AvgIpc) is 2.83. The number of benzene rings is 1. The number of hydrogen-bond donors (Lipinski definition) is 2. The summed E-state index contributed by atoms with van der Waals surface area (Å²) < 4.78 is 10.8. The molecule has 0 aromatic heterocycles. The largest absolute Gasteiger partial charge is 0.493 e. The van der Waals surface area contributed by atoms with Crippen molar-refractivity contribution in [3.05, 3.63) is 46.7 Å². The molecule has 8 nitrogen and oxygen atoms in total. The normalized spacial score (nSPS) is 21.4. The Labute approximate surface area is 195 Å². The lowest BCUT2D eigenvalue weighted by atomic mass is 9.58. The van der Waals surface area contributed by atoms with Gasteiger partial charge in [-0.15, -0.1) is 0 Å². The van der Waals surface area contributed by atoms with E-state index in [0.29, 0.717) is 24.6 Å². The smallest absolute Gasteiger partial charge is 0.191 e. The van der Waals surface area contributed by atoms with Gasteiger partial charge in [0.25, 0.3) is 0 Å². The summed E-state index contributed by atoms with van der Waals surface area (Å²) in [7, 11) is 3.09. The number of nitrogens with two attached hydrogens (primary N) is 1. The minimum absolute atomic E-state index is 0.0234. The van der Waals surface area contributed by atoms with Crippen LogP contribution in [0.2, 0.25) is 0 Å². The molecule has 0 saturated carbocycles. The van der Waals surface area contributed by atoms with Crippen LogP contribution in [0.15, 0.2) is 41.1 Å². The molecular weight excluding hydrogens is 418 g/mol. The lowest BCUT2D eigenvalue weighted by molar-refractivity contribution is 0.174. The number of aliphatic hydroxyl groups excluding tert-OH is 1. The number of hydrogen-bond acceptors (Lipinski definition) is 8. The van der Waals surface area contributed by atoms with Gasteiger partial charge in [-0.25, -0.2) is 0 Å². The number of ether oxygens (including phenoxy) is 2. The van der Waals surface area contributed by atoms with Gasteiger partial charge in [0, 0.05) is 37.6 Å². The summed E-state index contributed by atoms with van der Waals surface area (Å²) in [5.74, 6) is 0.272. The highest BCUT2D eigenvalue weighted by molar-refractivity contribution is 5.60. The molecule has 0 saturated heterocycles. The molecule has 0 amide bonds. The number of nitrogens with zero attached hydrogens (tertiary/aromatic N) is 4. The van der Waals surface area contributed by atoms with Gasteiger partial charge in [-0.3, -0.25) is 4.90 Å². The Bertz CT molecular complexity index is 1040. The van der Waals surface area contributed by atoms with E-state index in [1.54, 1.807) is 33.3 Å². The summed E-state index contributed by atoms with van der Waals surface area (Å²) in [6.45, 7) is 7.44. The average molecular weight is 450 g/mol. The van der Waals surface area contributed by atoms with E-state index in [0.717, 1.165) is 11.1 Å². The topological polar surface area (TPSA) is 139 Å². The van der Waals surface area contributed by atoms with Gasteiger partial charge in [0.2, 0.25) is 0 Å². The van der Waals surface area contributed by atoms with Gasteiger partial charge in [0.15, 0.2) is 16.9 Å². The molecule has 8 heteroatoms. The molecule has 1 aromatic carbocycles. The molecule has 0 spiro atoms. The van der Waals surface area contributed by atoms with Gasteiger partial charge in [0.1, 0.15) is 6.07 Å². The van der Waals surface area contributed by atoms with E-state index in [9.17, 15) is 15.8 Å². The lowest BCUT2D eigenvalue weighted by Gasteiger charge is -2.46. The molecule has 0 unspecified atom stereocenters. The maximum Gasteiger partial charge on any atom is 0.191 e. The van der Waals surface area contributed by atoms with Crippen molar-refractivity contribution in [3.63, 3.8) is 0 Å². The number of allylic oxidation sites excluding steroid dienone is 2. The van der Waals surface area contributed by atoms with E-state index in [1.807, 2.05) is 12.1 Å². The fourth-order valence-corrected chi connectivity index (χ4v) is 4.55. The molecule has 3 rings (SSSR count). The molecule has 1 aliphatic carbocycles. The van der Waals surface area contributed by atoms with E-state index in [4.69, 9.17) is 20.3 Å². The molecule has 1 aliphatic heterocycles. The van der Waals surface area contributed by atoms with Crippen LogP contribution in [0.1, 0.15) is 32.3 Å². The van der Waals surface area contributed by atoms with Crippen molar-refractivity contribution in [1.29, 1.82) is 15.8 Å². The highest BCUT2D eigenvalue weighted by Crippen LogP contribution is 2.54. The fraction of sp³-hybridized carbons (Fsp3) is 0.480. The zero-order chi connectivity index (χ0) is 24.8. The Kier molecular flexibility index (Phi) is 8.49. The van der Waals surface area contributed by atoms with Crippen molar-refractivity contribution in [2.75, 3.05) is 33.9 Å². The second-order valence-electron chi connectivity index (χ2n) is 8.15. The SMILES string of the molecule is CCO.COc1ccc([C@@H]2[C@H]3CN(C(C)C)CC=C3C(C#N)=C(N)C2(C#N)C#N)cc1OC. The predicted molar refractivity (Wildman–Crippen MR) is 124 cm³/mol. The Morgan fingerprint density at radius 1 is 1.18 bits per heavy atom. The molecule has 2 aliphatic rings. The number of rotatable bonds is 4. The van der Waals surface area contributed by atoms with Gasteiger partial charge in [-0.2, -0.15) is 15.8 Å². The highest BCUT2D eigenvalue weighted by atomic mass is 16.5. The number of aliphatic hydroxyl groups is 1. The van der Waals surface area contributed by atoms with Crippen LogP contribution >= 0.6 is 0 Å². The van der Waals surface area contributed by atoms with Gasteiger partial charge in [-0.1, -0.05) is 12.1 Å². The van der Waals surface area contributed by atoms with Crippen LogP contribution in [0.3, 0.4) is 0 Å². The van der Waals surface area contributed by atoms with Crippen molar-refractivity contribution < 1.29 is 14.6 Å². The van der Waals surface area contributed by atoms with Crippen molar-refractivity contribution in [2.45, 2.75) is 32.7 Å². The Morgan fingerprint density at radius 2 is 1.79 bits per heavy atom. The third-order valence-electron chi connectivity index (χ3n) is 6.19. The van der Waals surface area contributed by atoms with Crippen LogP contribution in [0.25, 0.3) is 0 Å². The number of nitriles is 3. The Morgan fingerprint density at radius 3 is 2.27 bits per heavy atom. The third kappa shape index (κ3) is 4.52. The van der Waals surface area contributed by atoms with Crippen LogP contribution in [-0.4, -0.2) is 50.0 Å². The van der Waals surface area contributed by atoms with E-state index < -0.39 is 11.3 Å². The maximum absolute atomic E-state index is 10.2. The Balaban J connectivity index is 0.00000122. The van der Waals surface area contributed by atoms with Gasteiger partial charge < -0.3 is 20.3 Å². The maximum atomic E-state index is 10.2. The number of methoxy groups -OCH3 is 2. The second-order valence-corrected chi connectivity index (χ2v) is 8.15. The zero-order valence-corrected chi connectivity index (χ0v) is 19.8. The second kappa shape index (κ2) is 10.9. The first-order valence-electron chi connectivity index (χ1n) is 10.8. The molecule has 33 heavy (non-hydrogen) atoms. The molecular formula is C25H31N5O3. The van der Waals surface area contributed by atoms with Gasteiger partial charge >= 0.3 is 0 Å². The van der Waals surface area contributed by atoms with Crippen molar-refractivity contribution in [2.24, 2.45) is 17.1 Å². The minimum Gasteiger partial charge on any atom is -0.493 e. The lowest BCUT2D eigenvalue weighted by Crippen LogP contribution is -2.49. The minimum atomic E-state index is -1.66. The molecule has 0 radical (unpaired) electrons. The summed E-state index contributed by atoms with van der Waals surface area (Å²) in [5.41, 5.74) is 6.52. The zero-order valence-electron chi connectivity index (χ0n) is 19.8. The molecule has 1 aromatic rings. The van der Waals surface area contributed by atoms with Crippen molar-refractivity contribution >= 4 is 0 Å². The first-order valence-corrected chi connectivity index (χ1v) is 10.8. The summed E-state index contributed by atoms with van der Waals surface area (Å²) >= 11 is 0. The molecule has 174 valence electrons. The quantitative estimate of drug-likeness (QED) is 0.715. The summed E-state index contributed by atoms with van der Waals surface area (Å²) in [4.78, 5) is 2.26. The Hall–Kier alpha value is -3.51. The standard InChI is InChI=1S/C23H25N5O2.C2H6O/c1-14(2)28-8-7-16-17(10-24)22(27)23(12-25,13-26)21(18(16)11-28)15-5-6-19(29-3)20(9-15)30-4;1-2-3/h5-7,9,14,18,21H,8,11,27H2,1-4H3;3H,2H2,1H3/t18-,21+;/m0./s1. The summed E-state index contributed by atoms with van der Waals surface area (Å²) in [5, 5.41) is 37.7. The van der Waals surface area contributed by atoms with Crippen LogP contribution in [0, 0.1) is 45.3 Å². The van der Waals surface area contributed by atoms with Gasteiger partial charge in [0.05, 0.1) is 37.6 Å². The van der Waals surface area contributed by atoms with E-state index in [-0.39, 0.29) is 29.8 Å². The van der Waals surface area contributed by atoms with Crippen molar-refractivity contribution in [1.82, 2.24) is 4.90 Å². The molecule has 0 bridgehead atoms. The van der Waals surface area contributed by atoms with Crippen molar-refractivity contribution in [3.8, 4) is 29.7 Å². The van der Waals surface area contributed by atoms with Crippen LogP contribution in [-0.2, 0) is 0 Å². The first-order chi connectivity index (χ1) is 15.8. The predicted octanol–water partition coefficient (Wildman–Crippen LogP) is 2.84. The fourth-order valence-electron chi connectivity index (χ4n) is 4.55. The summed E-state index contributed by atoms with van der Waals surface area (Å²) in [6, 6.07) is 12.2. The highest BCUT2D eigenvalue weighted by Gasteiger charge is 2.54. The molecule has 3 N–H and O–H groups in total. The monoisotopic (exact) mass is 449 g/mol. The van der Waals surface area contributed by atoms with E-state index >= 15 is 0 Å². The van der Waals surface area contributed by atoms with Gasteiger partial charge in [-0.05, 0) is 44.0 Å². The molecule has 1 heterocycles. The van der Waals surface area contributed by atoms with Crippen LogP contribution in [0.4, 0.5) is 0 Å². The van der Waals surface area contributed by atoms with E-state index in [2.05, 4.69) is 37.0 Å². The number of fused-ring (bicyclic) bond motifs is 1. The van der Waals surface area contributed by atoms with Crippen LogP contribution in [0.5, 0.6) is 11.5 Å². The molecule has 2 atom stereocenters. The molecule has 0 fully saturated rings.